The fourth-order valence-corrected chi connectivity index (χ4v) is 2.27. The monoisotopic (exact) mass is 290 g/mol. The number of nitrogens with zero attached hydrogens (tertiary/aromatic N) is 1. The van der Waals surface area contributed by atoms with Gasteiger partial charge in [0.2, 0.25) is 11.8 Å². The van der Waals surface area contributed by atoms with Gasteiger partial charge >= 0.3 is 5.97 Å². The van der Waals surface area contributed by atoms with Gasteiger partial charge in [0.15, 0.2) is 0 Å². The lowest BCUT2D eigenvalue weighted by Gasteiger charge is -2.20. The van der Waals surface area contributed by atoms with E-state index in [9.17, 15) is 14.4 Å². The van der Waals surface area contributed by atoms with Crippen LogP contribution in [0, 0.1) is 0 Å². The average Bonchev–Trinajstić information content (AvgIpc) is 2.93. The summed E-state index contributed by atoms with van der Waals surface area (Å²) in [6, 6.07) is 8.28. The summed E-state index contributed by atoms with van der Waals surface area (Å²) in [7, 11) is 1.27. The van der Waals surface area contributed by atoms with Crippen LogP contribution >= 0.6 is 0 Å². The lowest BCUT2D eigenvalue weighted by molar-refractivity contribution is -0.147. The number of carbonyl (C=O) groups is 3. The van der Waals surface area contributed by atoms with Crippen molar-refractivity contribution in [3.05, 3.63) is 30.3 Å². The van der Waals surface area contributed by atoms with Crippen LogP contribution in [-0.4, -0.2) is 42.4 Å². The Hall–Kier alpha value is -2.37. The normalized spacial score (nSPS) is 15.7. The third kappa shape index (κ3) is 3.81. The summed E-state index contributed by atoms with van der Waals surface area (Å²) in [6.45, 7) is 0.427. The third-order valence-electron chi connectivity index (χ3n) is 3.35. The quantitative estimate of drug-likeness (QED) is 0.824. The van der Waals surface area contributed by atoms with Gasteiger partial charge in [-0.05, 0) is 18.6 Å². The Morgan fingerprint density at radius 3 is 2.62 bits per heavy atom. The zero-order valence-electron chi connectivity index (χ0n) is 11.9. The van der Waals surface area contributed by atoms with E-state index in [1.165, 1.54) is 12.0 Å². The highest BCUT2D eigenvalue weighted by atomic mass is 16.5. The lowest BCUT2D eigenvalue weighted by atomic mass is 10.1. The minimum Gasteiger partial charge on any atom is -0.467 e. The van der Waals surface area contributed by atoms with Crippen molar-refractivity contribution in [2.45, 2.75) is 25.3 Å². The van der Waals surface area contributed by atoms with E-state index < -0.39 is 12.0 Å². The van der Waals surface area contributed by atoms with Crippen molar-refractivity contribution >= 4 is 23.5 Å². The average molecular weight is 290 g/mol. The van der Waals surface area contributed by atoms with Crippen LogP contribution in [-0.2, 0) is 19.1 Å². The Morgan fingerprint density at radius 2 is 2.05 bits per heavy atom. The smallest absolute Gasteiger partial charge is 0.328 e. The predicted octanol–water partition coefficient (Wildman–Crippen LogP) is 1.18. The number of rotatable bonds is 5. The van der Waals surface area contributed by atoms with Gasteiger partial charge in [-0.15, -0.1) is 0 Å². The van der Waals surface area contributed by atoms with Crippen molar-refractivity contribution in [3.8, 4) is 0 Å². The van der Waals surface area contributed by atoms with E-state index in [0.717, 1.165) is 0 Å². The number of methoxy groups -OCH3 is 1. The SMILES string of the molecule is COC(=O)C(CC(=O)N1CCCC1=O)Nc1ccccc1. The fourth-order valence-electron chi connectivity index (χ4n) is 2.27. The van der Waals surface area contributed by atoms with Crippen LogP contribution in [0.15, 0.2) is 30.3 Å². The molecule has 0 aliphatic carbocycles. The van der Waals surface area contributed by atoms with Crippen molar-refractivity contribution in [2.24, 2.45) is 0 Å². The highest BCUT2D eigenvalue weighted by Gasteiger charge is 2.30. The number of benzene rings is 1. The summed E-state index contributed by atoms with van der Waals surface area (Å²) in [6.07, 6.45) is 0.966. The van der Waals surface area contributed by atoms with Crippen molar-refractivity contribution in [1.29, 1.82) is 0 Å². The second-order valence-corrected chi connectivity index (χ2v) is 4.83. The molecule has 1 saturated heterocycles. The first-order chi connectivity index (χ1) is 10.1. The number of esters is 1. The number of hydrogen-bond donors (Lipinski definition) is 1. The van der Waals surface area contributed by atoms with E-state index in [1.807, 2.05) is 18.2 Å². The van der Waals surface area contributed by atoms with Crippen LogP contribution in [0.25, 0.3) is 0 Å². The first-order valence-electron chi connectivity index (χ1n) is 6.84. The van der Waals surface area contributed by atoms with E-state index >= 15 is 0 Å². The number of imide groups is 1. The van der Waals surface area contributed by atoms with Gasteiger partial charge < -0.3 is 10.1 Å². The molecule has 0 radical (unpaired) electrons. The van der Waals surface area contributed by atoms with Gasteiger partial charge in [-0.1, -0.05) is 18.2 Å². The molecule has 1 aliphatic heterocycles. The summed E-state index contributed by atoms with van der Waals surface area (Å²) >= 11 is 0. The van der Waals surface area contributed by atoms with Gasteiger partial charge in [-0.2, -0.15) is 0 Å². The Labute approximate surface area is 123 Å². The first-order valence-corrected chi connectivity index (χ1v) is 6.84. The maximum absolute atomic E-state index is 12.1. The van der Waals surface area contributed by atoms with E-state index in [4.69, 9.17) is 4.74 Å². The molecular weight excluding hydrogens is 272 g/mol. The lowest BCUT2D eigenvalue weighted by Crippen LogP contribution is -2.39. The fraction of sp³-hybridized carbons (Fsp3) is 0.400. The molecule has 1 fully saturated rings. The molecule has 0 bridgehead atoms. The van der Waals surface area contributed by atoms with Crippen LogP contribution in [0.1, 0.15) is 19.3 Å². The summed E-state index contributed by atoms with van der Waals surface area (Å²) < 4.78 is 4.72. The molecule has 0 spiro atoms. The second kappa shape index (κ2) is 6.88. The molecule has 0 saturated carbocycles. The van der Waals surface area contributed by atoms with E-state index in [2.05, 4.69) is 5.32 Å². The number of anilines is 1. The Bertz CT molecular complexity index is 530. The molecule has 1 N–H and O–H groups in total. The Balaban J connectivity index is 2.04. The number of amides is 2. The van der Waals surface area contributed by atoms with Gasteiger partial charge in [0.05, 0.1) is 13.5 Å². The molecule has 21 heavy (non-hydrogen) atoms. The summed E-state index contributed by atoms with van der Waals surface area (Å²) in [5.74, 6) is -1.06. The third-order valence-corrected chi connectivity index (χ3v) is 3.35. The molecule has 0 aromatic heterocycles. The largest absolute Gasteiger partial charge is 0.467 e. The zero-order chi connectivity index (χ0) is 15.2. The topological polar surface area (TPSA) is 75.7 Å². The van der Waals surface area contributed by atoms with Crippen molar-refractivity contribution in [2.75, 3.05) is 19.0 Å². The number of para-hydroxylation sites is 1. The number of hydrogen-bond acceptors (Lipinski definition) is 5. The number of ether oxygens (including phenoxy) is 1. The molecule has 1 aliphatic rings. The molecule has 6 nitrogen and oxygen atoms in total. The van der Waals surface area contributed by atoms with Crippen LogP contribution in [0.3, 0.4) is 0 Å². The molecule has 1 unspecified atom stereocenters. The molecule has 1 heterocycles. The summed E-state index contributed by atoms with van der Waals surface area (Å²) in [5, 5.41) is 2.97. The molecule has 1 atom stereocenters. The highest BCUT2D eigenvalue weighted by molar-refractivity contribution is 5.98. The molecule has 6 heteroatoms. The maximum atomic E-state index is 12.1. The second-order valence-electron chi connectivity index (χ2n) is 4.83. The minimum atomic E-state index is -0.807. The molecule has 2 rings (SSSR count). The summed E-state index contributed by atoms with van der Waals surface area (Å²) in [5.41, 5.74) is 0.716. The van der Waals surface area contributed by atoms with Gasteiger partial charge in [0.25, 0.3) is 0 Å². The molecular formula is C15H18N2O4. The number of likely N-dealkylation sites (tertiary alicyclic amines) is 1. The Kier molecular flexibility index (Phi) is 4.92. The van der Waals surface area contributed by atoms with Gasteiger partial charge in [0, 0.05) is 18.7 Å². The highest BCUT2D eigenvalue weighted by Crippen LogP contribution is 2.15. The van der Waals surface area contributed by atoms with Crippen LogP contribution in [0.2, 0.25) is 0 Å². The number of carbonyl (C=O) groups excluding carboxylic acids is 3. The summed E-state index contributed by atoms with van der Waals surface area (Å²) in [4.78, 5) is 36.7. The van der Waals surface area contributed by atoms with E-state index in [1.54, 1.807) is 12.1 Å². The molecule has 2 amide bonds. The van der Waals surface area contributed by atoms with Crippen LogP contribution in [0.4, 0.5) is 5.69 Å². The molecule has 1 aromatic rings. The van der Waals surface area contributed by atoms with Gasteiger partial charge in [-0.25, -0.2) is 4.79 Å². The van der Waals surface area contributed by atoms with E-state index in [0.29, 0.717) is 25.1 Å². The first kappa shape index (κ1) is 15.0. The van der Waals surface area contributed by atoms with Gasteiger partial charge in [0.1, 0.15) is 6.04 Å². The zero-order valence-corrected chi connectivity index (χ0v) is 11.9. The van der Waals surface area contributed by atoms with Crippen molar-refractivity contribution < 1.29 is 19.1 Å². The Morgan fingerprint density at radius 1 is 1.33 bits per heavy atom. The van der Waals surface area contributed by atoms with E-state index in [-0.39, 0.29) is 18.2 Å². The predicted molar refractivity (Wildman–Crippen MR) is 76.4 cm³/mol. The van der Waals surface area contributed by atoms with Crippen molar-refractivity contribution in [3.63, 3.8) is 0 Å². The standard InChI is InChI=1S/C15H18N2O4/c1-21-15(20)12(16-11-6-3-2-4-7-11)10-14(19)17-9-5-8-13(17)18/h2-4,6-7,12,16H,5,8-10H2,1H3. The van der Waals surface area contributed by atoms with Crippen LogP contribution in [0.5, 0.6) is 0 Å². The molecule has 1 aromatic carbocycles. The maximum Gasteiger partial charge on any atom is 0.328 e. The van der Waals surface area contributed by atoms with Crippen LogP contribution < -0.4 is 5.32 Å². The van der Waals surface area contributed by atoms with Crippen molar-refractivity contribution in [1.82, 2.24) is 4.90 Å². The molecule has 112 valence electrons. The number of nitrogens with one attached hydrogen (secondary N) is 1. The minimum absolute atomic E-state index is 0.104. The van der Waals surface area contributed by atoms with Gasteiger partial charge in [-0.3, -0.25) is 14.5 Å².